The number of hydrogen-bond donors (Lipinski definition) is 1. The lowest BCUT2D eigenvalue weighted by molar-refractivity contribution is 0.230. The summed E-state index contributed by atoms with van der Waals surface area (Å²) in [4.78, 5) is 0. The average Bonchev–Trinajstić information content (AvgIpc) is 2.39. The number of rotatable bonds is 4. The largest absolute Gasteiger partial charge is 0.330 e. The number of benzene rings is 1. The van der Waals surface area contributed by atoms with Crippen LogP contribution in [-0.2, 0) is 0 Å². The molecule has 0 aliphatic heterocycles. The first kappa shape index (κ1) is 13.9. The van der Waals surface area contributed by atoms with Gasteiger partial charge in [0.1, 0.15) is 0 Å². The van der Waals surface area contributed by atoms with Crippen molar-refractivity contribution in [2.24, 2.45) is 17.6 Å². The van der Waals surface area contributed by atoms with Gasteiger partial charge >= 0.3 is 0 Å². The molecular formula is C16H24ClN. The Morgan fingerprint density at radius 2 is 2.17 bits per heavy atom. The van der Waals surface area contributed by atoms with Gasteiger partial charge in [0, 0.05) is 5.02 Å². The van der Waals surface area contributed by atoms with E-state index in [2.05, 4.69) is 25.1 Å². The van der Waals surface area contributed by atoms with Crippen molar-refractivity contribution in [1.29, 1.82) is 0 Å². The Hall–Kier alpha value is -0.530. The molecule has 1 aliphatic rings. The Kier molecular flexibility index (Phi) is 5.08. The van der Waals surface area contributed by atoms with Crippen molar-refractivity contribution in [1.82, 2.24) is 0 Å². The van der Waals surface area contributed by atoms with Gasteiger partial charge in [-0.1, -0.05) is 49.9 Å². The molecule has 100 valence electrons. The number of hydrogen-bond acceptors (Lipinski definition) is 1. The summed E-state index contributed by atoms with van der Waals surface area (Å²) in [6.45, 7) is 3.08. The van der Waals surface area contributed by atoms with Gasteiger partial charge in [-0.3, -0.25) is 0 Å². The smallest absolute Gasteiger partial charge is 0.0408 e. The molecule has 1 aromatic rings. The minimum Gasteiger partial charge on any atom is -0.330 e. The lowest BCUT2D eigenvalue weighted by atomic mass is 9.70. The topological polar surface area (TPSA) is 26.0 Å². The van der Waals surface area contributed by atoms with Crippen LogP contribution < -0.4 is 5.73 Å². The van der Waals surface area contributed by atoms with Gasteiger partial charge < -0.3 is 5.73 Å². The minimum atomic E-state index is 0.610. The summed E-state index contributed by atoms with van der Waals surface area (Å²) in [5.41, 5.74) is 7.34. The van der Waals surface area contributed by atoms with E-state index in [0.717, 1.165) is 17.5 Å². The SMILES string of the molecule is CCCC1CCC(CN)C(c2cccc(Cl)c2)C1. The highest BCUT2D eigenvalue weighted by Crippen LogP contribution is 2.42. The van der Waals surface area contributed by atoms with Gasteiger partial charge in [-0.2, -0.15) is 0 Å². The molecule has 0 spiro atoms. The predicted octanol–water partition coefficient (Wildman–Crippen LogP) is 4.60. The van der Waals surface area contributed by atoms with Crippen LogP contribution in [0.3, 0.4) is 0 Å². The maximum atomic E-state index is 6.12. The maximum absolute atomic E-state index is 6.12. The van der Waals surface area contributed by atoms with Crippen LogP contribution in [0.5, 0.6) is 0 Å². The zero-order chi connectivity index (χ0) is 13.0. The van der Waals surface area contributed by atoms with E-state index in [1.807, 2.05) is 6.07 Å². The Balaban J connectivity index is 2.15. The molecular weight excluding hydrogens is 242 g/mol. The fourth-order valence-electron chi connectivity index (χ4n) is 3.42. The molecule has 0 heterocycles. The fourth-order valence-corrected chi connectivity index (χ4v) is 3.62. The van der Waals surface area contributed by atoms with Crippen LogP contribution in [0.1, 0.15) is 50.5 Å². The molecule has 1 aromatic carbocycles. The highest BCUT2D eigenvalue weighted by atomic mass is 35.5. The predicted molar refractivity (Wildman–Crippen MR) is 79.0 cm³/mol. The molecule has 3 atom stereocenters. The van der Waals surface area contributed by atoms with E-state index in [1.54, 1.807) is 0 Å². The summed E-state index contributed by atoms with van der Waals surface area (Å²) in [7, 11) is 0. The third-order valence-corrected chi connectivity index (χ3v) is 4.61. The van der Waals surface area contributed by atoms with Crippen LogP contribution in [0.4, 0.5) is 0 Å². The molecule has 2 N–H and O–H groups in total. The first-order valence-electron chi connectivity index (χ1n) is 7.20. The van der Waals surface area contributed by atoms with Gasteiger partial charge in [-0.05, 0) is 54.8 Å². The highest BCUT2D eigenvalue weighted by molar-refractivity contribution is 6.30. The lowest BCUT2D eigenvalue weighted by Crippen LogP contribution is -2.29. The zero-order valence-corrected chi connectivity index (χ0v) is 12.0. The summed E-state index contributed by atoms with van der Waals surface area (Å²) in [6, 6.07) is 8.36. The van der Waals surface area contributed by atoms with E-state index in [4.69, 9.17) is 17.3 Å². The summed E-state index contributed by atoms with van der Waals surface area (Å²) < 4.78 is 0. The molecule has 1 nitrogen and oxygen atoms in total. The second kappa shape index (κ2) is 6.58. The zero-order valence-electron chi connectivity index (χ0n) is 11.2. The van der Waals surface area contributed by atoms with Gasteiger partial charge in [-0.15, -0.1) is 0 Å². The number of nitrogens with two attached hydrogens (primary N) is 1. The molecule has 2 heteroatoms. The average molecular weight is 266 g/mol. The quantitative estimate of drug-likeness (QED) is 0.846. The van der Waals surface area contributed by atoms with Gasteiger partial charge in [0.2, 0.25) is 0 Å². The van der Waals surface area contributed by atoms with E-state index < -0.39 is 0 Å². The summed E-state index contributed by atoms with van der Waals surface area (Å²) in [6.07, 6.45) is 6.57. The Labute approximate surface area is 116 Å². The Morgan fingerprint density at radius 3 is 2.83 bits per heavy atom. The standard InChI is InChI=1S/C16H24ClN/c1-2-4-12-7-8-14(11-18)16(9-12)13-5-3-6-15(17)10-13/h3,5-6,10,12,14,16H,2,4,7-9,11,18H2,1H3. The van der Waals surface area contributed by atoms with Crippen LogP contribution in [0.25, 0.3) is 0 Å². The Bertz CT molecular complexity index is 377. The van der Waals surface area contributed by atoms with Gasteiger partial charge in [-0.25, -0.2) is 0 Å². The van der Waals surface area contributed by atoms with E-state index in [1.165, 1.54) is 37.7 Å². The Morgan fingerprint density at radius 1 is 1.33 bits per heavy atom. The second-order valence-corrected chi connectivity index (χ2v) is 6.06. The van der Waals surface area contributed by atoms with Crippen molar-refractivity contribution in [2.45, 2.75) is 44.9 Å². The van der Waals surface area contributed by atoms with Crippen molar-refractivity contribution in [2.75, 3.05) is 6.54 Å². The van der Waals surface area contributed by atoms with Gasteiger partial charge in [0.15, 0.2) is 0 Å². The fraction of sp³-hybridized carbons (Fsp3) is 0.625. The highest BCUT2D eigenvalue weighted by Gasteiger charge is 2.30. The van der Waals surface area contributed by atoms with Crippen molar-refractivity contribution in [3.63, 3.8) is 0 Å². The van der Waals surface area contributed by atoms with Gasteiger partial charge in [0.25, 0.3) is 0 Å². The van der Waals surface area contributed by atoms with Gasteiger partial charge in [0.05, 0.1) is 0 Å². The van der Waals surface area contributed by atoms with Crippen LogP contribution in [0.2, 0.25) is 5.02 Å². The molecule has 18 heavy (non-hydrogen) atoms. The number of halogens is 1. The molecule has 0 amide bonds. The summed E-state index contributed by atoms with van der Waals surface area (Å²) in [5, 5.41) is 0.848. The van der Waals surface area contributed by atoms with Crippen LogP contribution in [0, 0.1) is 11.8 Å². The van der Waals surface area contributed by atoms with Crippen LogP contribution >= 0.6 is 11.6 Å². The van der Waals surface area contributed by atoms with Crippen LogP contribution in [0.15, 0.2) is 24.3 Å². The molecule has 0 bridgehead atoms. The molecule has 3 unspecified atom stereocenters. The molecule has 0 radical (unpaired) electrons. The van der Waals surface area contributed by atoms with Crippen molar-refractivity contribution < 1.29 is 0 Å². The molecule has 1 saturated carbocycles. The van der Waals surface area contributed by atoms with Crippen molar-refractivity contribution >= 4 is 11.6 Å². The first-order chi connectivity index (χ1) is 8.74. The molecule has 0 aromatic heterocycles. The van der Waals surface area contributed by atoms with E-state index in [0.29, 0.717) is 11.8 Å². The molecule has 1 aliphatic carbocycles. The second-order valence-electron chi connectivity index (χ2n) is 5.63. The third kappa shape index (κ3) is 3.27. The monoisotopic (exact) mass is 265 g/mol. The third-order valence-electron chi connectivity index (χ3n) is 4.38. The van der Waals surface area contributed by atoms with Crippen LogP contribution in [-0.4, -0.2) is 6.54 Å². The van der Waals surface area contributed by atoms with E-state index >= 15 is 0 Å². The van der Waals surface area contributed by atoms with Crippen molar-refractivity contribution in [3.05, 3.63) is 34.9 Å². The summed E-state index contributed by atoms with van der Waals surface area (Å²) in [5.74, 6) is 2.12. The minimum absolute atomic E-state index is 0.610. The summed E-state index contributed by atoms with van der Waals surface area (Å²) >= 11 is 6.12. The molecule has 1 fully saturated rings. The normalized spacial score (nSPS) is 28.3. The van der Waals surface area contributed by atoms with E-state index in [-0.39, 0.29) is 0 Å². The maximum Gasteiger partial charge on any atom is 0.0408 e. The molecule has 2 rings (SSSR count). The lowest BCUT2D eigenvalue weighted by Gasteiger charge is -2.36. The molecule has 0 saturated heterocycles. The van der Waals surface area contributed by atoms with E-state index in [9.17, 15) is 0 Å². The first-order valence-corrected chi connectivity index (χ1v) is 7.58. The van der Waals surface area contributed by atoms with Crippen molar-refractivity contribution in [3.8, 4) is 0 Å².